The summed E-state index contributed by atoms with van der Waals surface area (Å²) >= 11 is 2.85. The van der Waals surface area contributed by atoms with Crippen LogP contribution in [0.3, 0.4) is 0 Å². The number of rotatable bonds is 9. The van der Waals surface area contributed by atoms with Crippen LogP contribution in [-0.2, 0) is 10.5 Å². The Morgan fingerprint density at radius 3 is 2.40 bits per heavy atom. The number of thioether (sulfide) groups is 1. The number of carbonyl (C=O) groups is 1. The molecule has 4 aromatic rings. The smallest absolute Gasteiger partial charge is 0.387 e. The largest absolute Gasteiger partial charge is 0.497 e. The van der Waals surface area contributed by atoms with Crippen molar-refractivity contribution in [3.63, 3.8) is 0 Å². The van der Waals surface area contributed by atoms with Gasteiger partial charge in [0.15, 0.2) is 10.3 Å². The van der Waals surface area contributed by atoms with E-state index in [0.717, 1.165) is 22.1 Å². The number of carbonyl (C=O) groups excluding carboxylic acids is 1. The predicted octanol–water partition coefficient (Wildman–Crippen LogP) is 7.48. The van der Waals surface area contributed by atoms with E-state index in [1.54, 1.807) is 37.5 Å². The molecule has 2 heterocycles. The van der Waals surface area contributed by atoms with Gasteiger partial charge in [-0.2, -0.15) is 8.78 Å². The number of aliphatic imine (C=N–C) groups is 1. The van der Waals surface area contributed by atoms with Gasteiger partial charge in [-0.1, -0.05) is 41.6 Å². The number of nitrogens with zero attached hydrogens (tertiary/aromatic N) is 3. The summed E-state index contributed by atoms with van der Waals surface area (Å²) in [6.07, 6.45) is 1.70. The molecule has 1 N–H and O–H groups in total. The lowest BCUT2D eigenvalue weighted by molar-refractivity contribution is -0.113. The highest BCUT2D eigenvalue weighted by molar-refractivity contribution is 8.13. The summed E-state index contributed by atoms with van der Waals surface area (Å²) in [6, 6.07) is 21.2. The Balaban J connectivity index is 1.36. The first-order valence-corrected chi connectivity index (χ1v) is 14.0. The number of amidine groups is 1. The van der Waals surface area contributed by atoms with Crippen LogP contribution in [-0.4, -0.2) is 29.8 Å². The predicted molar refractivity (Wildman–Crippen MR) is 157 cm³/mol. The van der Waals surface area contributed by atoms with E-state index in [1.807, 2.05) is 48.7 Å². The third kappa shape index (κ3) is 6.67. The molecule has 5 rings (SSSR count). The fourth-order valence-corrected chi connectivity index (χ4v) is 5.53. The van der Waals surface area contributed by atoms with Gasteiger partial charge in [-0.3, -0.25) is 9.69 Å². The average Bonchev–Trinajstić information content (AvgIpc) is 3.53. The summed E-state index contributed by atoms with van der Waals surface area (Å²) in [4.78, 5) is 24.2. The molecule has 0 radical (unpaired) electrons. The van der Waals surface area contributed by atoms with Crippen LogP contribution in [0.4, 0.5) is 25.3 Å². The monoisotopic (exact) mass is 578 g/mol. The van der Waals surface area contributed by atoms with Crippen molar-refractivity contribution in [1.29, 1.82) is 0 Å². The van der Waals surface area contributed by atoms with Crippen molar-refractivity contribution in [2.45, 2.75) is 19.3 Å². The van der Waals surface area contributed by atoms with E-state index >= 15 is 0 Å². The fourth-order valence-electron chi connectivity index (χ4n) is 3.79. The maximum absolute atomic E-state index is 13.5. The molecule has 7 nitrogen and oxygen atoms in total. The second-order valence-corrected chi connectivity index (χ2v) is 10.4. The molecule has 0 saturated carbocycles. The van der Waals surface area contributed by atoms with Gasteiger partial charge in [0.2, 0.25) is 0 Å². The molecule has 3 aromatic carbocycles. The average molecular weight is 579 g/mol. The first kappa shape index (κ1) is 27.4. The number of ether oxygens (including phenoxy) is 2. The van der Waals surface area contributed by atoms with E-state index in [1.165, 1.54) is 45.7 Å². The number of nitrogens with one attached hydrogen (secondary N) is 1. The van der Waals surface area contributed by atoms with E-state index in [4.69, 9.17) is 4.74 Å². The van der Waals surface area contributed by atoms with Crippen molar-refractivity contribution in [3.05, 3.63) is 101 Å². The minimum atomic E-state index is -2.94. The number of hydrogen-bond donors (Lipinski definition) is 1. The van der Waals surface area contributed by atoms with Crippen LogP contribution in [0.25, 0.3) is 6.08 Å². The van der Waals surface area contributed by atoms with Gasteiger partial charge in [0.1, 0.15) is 17.2 Å². The van der Waals surface area contributed by atoms with Gasteiger partial charge in [-0.25, -0.2) is 9.98 Å². The first-order valence-electron chi connectivity index (χ1n) is 12.1. The number of halogens is 2. The zero-order valence-corrected chi connectivity index (χ0v) is 23.1. The fraction of sp³-hybridized carbons (Fsp3) is 0.138. The molecule has 1 aliphatic heterocycles. The Labute approximate surface area is 238 Å². The van der Waals surface area contributed by atoms with Crippen molar-refractivity contribution < 1.29 is 23.0 Å². The van der Waals surface area contributed by atoms with Gasteiger partial charge in [0.05, 0.1) is 18.5 Å². The Kier molecular flexibility index (Phi) is 8.42. The zero-order chi connectivity index (χ0) is 28.1. The first-order chi connectivity index (χ1) is 19.4. The normalized spacial score (nSPS) is 14.1. The molecule has 1 aromatic heterocycles. The number of anilines is 3. The van der Waals surface area contributed by atoms with Crippen LogP contribution in [0.15, 0.2) is 88.9 Å². The third-order valence-corrected chi connectivity index (χ3v) is 7.55. The second kappa shape index (κ2) is 12.3. The van der Waals surface area contributed by atoms with Gasteiger partial charge < -0.3 is 14.8 Å². The number of aryl methyl sites for hydroxylation is 1. The van der Waals surface area contributed by atoms with Crippen molar-refractivity contribution in [1.82, 2.24) is 4.98 Å². The Hall–Kier alpha value is -4.22. The lowest BCUT2D eigenvalue weighted by Crippen LogP contribution is -2.30. The molecular formula is C29H24F2N4O3S2. The van der Waals surface area contributed by atoms with Crippen LogP contribution in [0.5, 0.6) is 11.5 Å². The number of hydrogen-bond acceptors (Lipinski definition) is 8. The van der Waals surface area contributed by atoms with Crippen LogP contribution >= 0.6 is 23.1 Å². The van der Waals surface area contributed by atoms with Crippen LogP contribution < -0.4 is 19.7 Å². The standard InChI is InChI=1S/C29H24F2N4O3S2/c1-18-3-7-20(8-4-18)32-28-33-21(16-39-28)17-40-29-34-25(15-19-5-11-23(37-2)12-6-19)26(36)35(29)22-9-13-24(14-10-22)38-27(30)31/h3-16,27H,17H2,1-2H3,(H,32,33). The molecule has 0 aliphatic carbocycles. The Morgan fingerprint density at radius 2 is 1.73 bits per heavy atom. The number of aromatic nitrogens is 1. The van der Waals surface area contributed by atoms with Crippen molar-refractivity contribution in [2.75, 3.05) is 17.3 Å². The van der Waals surface area contributed by atoms with Crippen LogP contribution in [0, 0.1) is 6.92 Å². The molecule has 0 saturated heterocycles. The lowest BCUT2D eigenvalue weighted by atomic mass is 10.2. The second-order valence-electron chi connectivity index (χ2n) is 8.63. The molecule has 0 unspecified atom stereocenters. The molecule has 0 bridgehead atoms. The highest BCUT2D eigenvalue weighted by Gasteiger charge is 2.32. The van der Waals surface area contributed by atoms with E-state index in [0.29, 0.717) is 22.4 Å². The molecule has 0 spiro atoms. The van der Waals surface area contributed by atoms with Crippen molar-refractivity contribution >= 4 is 56.8 Å². The summed E-state index contributed by atoms with van der Waals surface area (Å²) in [7, 11) is 1.58. The van der Waals surface area contributed by atoms with Gasteiger partial charge in [-0.05, 0) is 67.1 Å². The van der Waals surface area contributed by atoms with Crippen LogP contribution in [0.2, 0.25) is 0 Å². The molecule has 0 fully saturated rings. The summed E-state index contributed by atoms with van der Waals surface area (Å²) in [5.41, 5.74) is 4.47. The minimum Gasteiger partial charge on any atom is -0.497 e. The lowest BCUT2D eigenvalue weighted by Gasteiger charge is -2.18. The molecule has 204 valence electrons. The Bertz CT molecular complexity index is 1540. The number of alkyl halides is 2. The Morgan fingerprint density at radius 1 is 1.02 bits per heavy atom. The summed E-state index contributed by atoms with van der Waals surface area (Å²) in [5.74, 6) is 0.839. The third-order valence-electron chi connectivity index (χ3n) is 5.77. The number of thiazole rings is 1. The van der Waals surface area contributed by atoms with Gasteiger partial charge in [0, 0.05) is 16.8 Å². The molecule has 11 heteroatoms. The van der Waals surface area contributed by atoms with Gasteiger partial charge >= 0.3 is 6.61 Å². The number of benzene rings is 3. The van der Waals surface area contributed by atoms with E-state index in [2.05, 4.69) is 20.0 Å². The number of methoxy groups -OCH3 is 1. The zero-order valence-electron chi connectivity index (χ0n) is 21.5. The quantitative estimate of drug-likeness (QED) is 0.208. The summed E-state index contributed by atoms with van der Waals surface area (Å²) in [5, 5.41) is 6.47. The van der Waals surface area contributed by atoms with Crippen molar-refractivity contribution in [2.24, 2.45) is 4.99 Å². The molecule has 40 heavy (non-hydrogen) atoms. The van der Waals surface area contributed by atoms with Gasteiger partial charge in [0.25, 0.3) is 5.91 Å². The molecular weight excluding hydrogens is 554 g/mol. The highest BCUT2D eigenvalue weighted by Crippen LogP contribution is 2.33. The molecule has 1 aliphatic rings. The SMILES string of the molecule is COc1ccc(C=C2N=C(SCc3csc(Nc4ccc(C)cc4)n3)N(c3ccc(OC(F)F)cc3)C2=O)cc1. The maximum atomic E-state index is 13.5. The summed E-state index contributed by atoms with van der Waals surface area (Å²) in [6.45, 7) is -0.902. The topological polar surface area (TPSA) is 76.1 Å². The number of amides is 1. The van der Waals surface area contributed by atoms with Crippen LogP contribution in [0.1, 0.15) is 16.8 Å². The molecule has 1 amide bonds. The molecule has 0 atom stereocenters. The van der Waals surface area contributed by atoms with E-state index < -0.39 is 6.61 Å². The van der Waals surface area contributed by atoms with E-state index in [-0.39, 0.29) is 17.4 Å². The summed E-state index contributed by atoms with van der Waals surface area (Å²) < 4.78 is 34.9. The van der Waals surface area contributed by atoms with E-state index in [9.17, 15) is 13.6 Å². The maximum Gasteiger partial charge on any atom is 0.387 e. The highest BCUT2D eigenvalue weighted by atomic mass is 32.2. The minimum absolute atomic E-state index is 0.00150. The van der Waals surface area contributed by atoms with Gasteiger partial charge in [-0.15, -0.1) is 11.3 Å². The van der Waals surface area contributed by atoms with Crippen molar-refractivity contribution in [3.8, 4) is 11.5 Å².